The smallest absolute Gasteiger partial charge is 0.251 e. The molecular weight excluding hydrogens is 516 g/mol. The number of pyridine rings is 1. The van der Waals surface area contributed by atoms with Gasteiger partial charge in [-0.2, -0.15) is 0 Å². The highest BCUT2D eigenvalue weighted by atomic mass is 32.2. The first kappa shape index (κ1) is 28.7. The molecule has 1 aliphatic heterocycles. The van der Waals surface area contributed by atoms with Gasteiger partial charge in [0.15, 0.2) is 0 Å². The van der Waals surface area contributed by atoms with Crippen LogP contribution in [0.3, 0.4) is 0 Å². The number of carbonyl (C=O) groups is 2. The standard InChI is InChI=1S/C29H36N4O5S/c1-19-15-22(24-7-5-6-8-25(24)30-19)18-38-23-11-9-20(10-12-23)28(35)31-26-17-33(39(37)29(2,3)4)14-13-21(26)16-27(34)32-36/h5-12,15,21,26,36H,13-14,16-18H2,1-4H3,(H,31,35)(H,32,34)/t21-,26+,39?/m0/s1. The lowest BCUT2D eigenvalue weighted by Gasteiger charge is -2.40. The Kier molecular flexibility index (Phi) is 8.99. The molecule has 0 bridgehead atoms. The van der Waals surface area contributed by atoms with Gasteiger partial charge in [0.05, 0.1) is 21.2 Å². The van der Waals surface area contributed by atoms with Crippen LogP contribution in [0.4, 0.5) is 0 Å². The first-order chi connectivity index (χ1) is 18.5. The summed E-state index contributed by atoms with van der Waals surface area (Å²) in [5.74, 6) is -0.369. The van der Waals surface area contributed by atoms with E-state index in [0.29, 0.717) is 37.4 Å². The van der Waals surface area contributed by atoms with Crippen LogP contribution in [0.1, 0.15) is 55.2 Å². The number of benzene rings is 2. The number of ether oxygens (including phenoxy) is 1. The number of aromatic nitrogens is 1. The Labute approximate surface area is 231 Å². The second kappa shape index (κ2) is 12.2. The van der Waals surface area contributed by atoms with E-state index in [1.807, 2.05) is 62.3 Å². The average molecular weight is 553 g/mol. The number of amides is 2. The highest BCUT2D eigenvalue weighted by Gasteiger charge is 2.36. The highest BCUT2D eigenvalue weighted by Crippen LogP contribution is 2.27. The van der Waals surface area contributed by atoms with E-state index in [2.05, 4.69) is 10.3 Å². The summed E-state index contributed by atoms with van der Waals surface area (Å²) in [6.07, 6.45) is 0.628. The van der Waals surface area contributed by atoms with Crippen molar-refractivity contribution in [2.24, 2.45) is 5.92 Å². The van der Waals surface area contributed by atoms with Gasteiger partial charge in [-0.25, -0.2) is 14.0 Å². The molecule has 0 spiro atoms. The Bertz CT molecular complexity index is 1360. The minimum atomic E-state index is -1.25. The molecule has 39 heavy (non-hydrogen) atoms. The van der Waals surface area contributed by atoms with E-state index >= 15 is 0 Å². The average Bonchev–Trinajstić information content (AvgIpc) is 2.91. The number of hydrogen-bond acceptors (Lipinski definition) is 6. The molecular formula is C29H36N4O5S. The fraction of sp³-hybridized carbons (Fsp3) is 0.414. The molecule has 2 heterocycles. The minimum absolute atomic E-state index is 0.0629. The van der Waals surface area contributed by atoms with Gasteiger partial charge in [0.2, 0.25) is 5.91 Å². The van der Waals surface area contributed by atoms with Gasteiger partial charge in [-0.05, 0) is 76.4 Å². The number of rotatable bonds is 8. The Morgan fingerprint density at radius 3 is 2.56 bits per heavy atom. The van der Waals surface area contributed by atoms with Crippen LogP contribution in [-0.2, 0) is 22.4 Å². The number of piperidine rings is 1. The molecule has 0 saturated carbocycles. The van der Waals surface area contributed by atoms with E-state index < -0.39 is 27.7 Å². The summed E-state index contributed by atoms with van der Waals surface area (Å²) in [5, 5.41) is 13.1. The van der Waals surface area contributed by atoms with Gasteiger partial charge in [0, 0.05) is 47.8 Å². The Balaban J connectivity index is 1.43. The van der Waals surface area contributed by atoms with Crippen LogP contribution in [-0.4, -0.2) is 54.4 Å². The van der Waals surface area contributed by atoms with Gasteiger partial charge >= 0.3 is 0 Å². The van der Waals surface area contributed by atoms with E-state index in [9.17, 15) is 13.8 Å². The van der Waals surface area contributed by atoms with E-state index in [1.54, 1.807) is 29.7 Å². The van der Waals surface area contributed by atoms with Crippen LogP contribution >= 0.6 is 0 Å². The fourth-order valence-electron chi connectivity index (χ4n) is 4.83. The predicted molar refractivity (Wildman–Crippen MR) is 151 cm³/mol. The van der Waals surface area contributed by atoms with Crippen LogP contribution in [0.25, 0.3) is 10.9 Å². The van der Waals surface area contributed by atoms with E-state index in [1.165, 1.54) is 0 Å². The molecule has 3 N–H and O–H groups in total. The van der Waals surface area contributed by atoms with Gasteiger partial charge in [-0.1, -0.05) is 18.2 Å². The summed E-state index contributed by atoms with van der Waals surface area (Å²) in [6.45, 7) is 8.93. The molecule has 9 nitrogen and oxygen atoms in total. The van der Waals surface area contributed by atoms with Crippen LogP contribution in [0.2, 0.25) is 0 Å². The molecule has 208 valence electrons. The number of hydrogen-bond donors (Lipinski definition) is 3. The maximum atomic E-state index is 13.2. The van der Waals surface area contributed by atoms with Gasteiger partial charge < -0.3 is 10.1 Å². The number of carbonyl (C=O) groups excluding carboxylic acids is 2. The maximum absolute atomic E-state index is 13.2. The lowest BCUT2D eigenvalue weighted by Crippen LogP contribution is -2.55. The first-order valence-corrected chi connectivity index (χ1v) is 14.1. The number of hydroxylamine groups is 1. The van der Waals surface area contributed by atoms with E-state index in [4.69, 9.17) is 9.94 Å². The molecule has 2 amide bonds. The van der Waals surface area contributed by atoms with Crippen molar-refractivity contribution in [3.63, 3.8) is 0 Å². The Hall–Kier alpha value is -3.34. The van der Waals surface area contributed by atoms with Gasteiger partial charge in [-0.15, -0.1) is 0 Å². The highest BCUT2D eigenvalue weighted by molar-refractivity contribution is 7.84. The molecule has 1 aromatic heterocycles. The van der Waals surface area contributed by atoms with Crippen LogP contribution in [0, 0.1) is 12.8 Å². The number of para-hydroxylation sites is 1. The van der Waals surface area contributed by atoms with Crippen molar-refractivity contribution in [3.8, 4) is 5.75 Å². The van der Waals surface area contributed by atoms with Crippen molar-refractivity contribution >= 4 is 33.7 Å². The molecule has 10 heteroatoms. The van der Waals surface area contributed by atoms with Crippen LogP contribution in [0.5, 0.6) is 5.75 Å². The van der Waals surface area contributed by atoms with Gasteiger partial charge in [0.25, 0.3) is 5.91 Å². The lowest BCUT2D eigenvalue weighted by atomic mass is 9.89. The monoisotopic (exact) mass is 552 g/mol. The maximum Gasteiger partial charge on any atom is 0.251 e. The van der Waals surface area contributed by atoms with Crippen molar-refractivity contribution in [1.82, 2.24) is 20.1 Å². The zero-order valence-corrected chi connectivity index (χ0v) is 23.6. The number of nitrogens with one attached hydrogen (secondary N) is 2. The summed E-state index contributed by atoms with van der Waals surface area (Å²) < 4.78 is 20.4. The zero-order valence-electron chi connectivity index (χ0n) is 22.8. The van der Waals surface area contributed by atoms with Gasteiger partial charge in [0.1, 0.15) is 12.4 Å². The topological polar surface area (TPSA) is 121 Å². The SMILES string of the molecule is Cc1cc(COc2ccc(C(=O)N[C@@H]3CN(S(=O)C(C)(C)C)CC[C@H]3CC(=O)NO)cc2)c2ccccc2n1. The molecule has 2 aromatic carbocycles. The van der Waals surface area contributed by atoms with Crippen molar-refractivity contribution in [3.05, 3.63) is 71.4 Å². The van der Waals surface area contributed by atoms with Gasteiger partial charge in [-0.3, -0.25) is 19.8 Å². The number of fused-ring (bicyclic) bond motifs is 1. The molecule has 0 aliphatic carbocycles. The molecule has 1 unspecified atom stereocenters. The Morgan fingerprint density at radius 1 is 1.15 bits per heavy atom. The second-order valence-corrected chi connectivity index (χ2v) is 13.1. The lowest BCUT2D eigenvalue weighted by molar-refractivity contribution is -0.130. The summed E-state index contributed by atoms with van der Waals surface area (Å²) in [6, 6.07) is 16.4. The van der Waals surface area contributed by atoms with Crippen LogP contribution < -0.4 is 15.5 Å². The van der Waals surface area contributed by atoms with Crippen LogP contribution in [0.15, 0.2) is 54.6 Å². The summed E-state index contributed by atoms with van der Waals surface area (Å²) in [5.41, 5.74) is 5.00. The zero-order chi connectivity index (χ0) is 28.2. The molecule has 0 radical (unpaired) electrons. The summed E-state index contributed by atoms with van der Waals surface area (Å²) in [4.78, 5) is 29.6. The van der Waals surface area contributed by atoms with E-state index in [0.717, 1.165) is 22.2 Å². The molecule has 1 aliphatic rings. The third kappa shape index (κ3) is 7.20. The molecule has 1 fully saturated rings. The normalized spacial score (nSPS) is 18.9. The van der Waals surface area contributed by atoms with Crippen molar-refractivity contribution in [2.45, 2.75) is 57.9 Å². The predicted octanol–water partition coefficient (Wildman–Crippen LogP) is 3.90. The minimum Gasteiger partial charge on any atom is -0.489 e. The molecule has 3 aromatic rings. The third-order valence-corrected chi connectivity index (χ3v) is 8.65. The first-order valence-electron chi connectivity index (χ1n) is 13.0. The fourth-order valence-corrected chi connectivity index (χ4v) is 6.17. The largest absolute Gasteiger partial charge is 0.489 e. The molecule has 4 rings (SSSR count). The quantitative estimate of drug-likeness (QED) is 0.288. The van der Waals surface area contributed by atoms with Crippen molar-refractivity contribution in [2.75, 3.05) is 13.1 Å². The molecule has 3 atom stereocenters. The summed E-state index contributed by atoms with van der Waals surface area (Å²) >= 11 is 0. The summed E-state index contributed by atoms with van der Waals surface area (Å²) in [7, 11) is -1.25. The second-order valence-electron chi connectivity index (χ2n) is 10.9. The third-order valence-electron chi connectivity index (χ3n) is 6.81. The molecule has 1 saturated heterocycles. The Morgan fingerprint density at radius 2 is 1.87 bits per heavy atom. The van der Waals surface area contributed by atoms with E-state index in [-0.39, 0.29) is 18.2 Å². The van der Waals surface area contributed by atoms with Crippen molar-refractivity contribution in [1.29, 1.82) is 0 Å². The number of aryl methyl sites for hydroxylation is 1. The number of nitrogens with zero attached hydrogens (tertiary/aromatic N) is 2. The van der Waals surface area contributed by atoms with Crippen molar-refractivity contribution < 1.29 is 23.7 Å².